The number of hydrogen-bond acceptors (Lipinski definition) is 4. The van der Waals surface area contributed by atoms with Crippen LogP contribution < -0.4 is 0 Å². The lowest BCUT2D eigenvalue weighted by atomic mass is 9.92. The van der Waals surface area contributed by atoms with Gasteiger partial charge in [0.1, 0.15) is 5.01 Å². The molecule has 4 nitrogen and oxygen atoms in total. The Morgan fingerprint density at radius 1 is 1.25 bits per heavy atom. The van der Waals surface area contributed by atoms with E-state index in [9.17, 15) is 4.79 Å². The molecule has 2 aromatic rings. The molecule has 5 heteroatoms. The van der Waals surface area contributed by atoms with Gasteiger partial charge in [-0.3, -0.25) is 9.69 Å². The maximum atomic E-state index is 12.5. The molecule has 0 N–H and O–H groups in total. The van der Waals surface area contributed by atoms with Crippen LogP contribution >= 0.6 is 11.3 Å². The lowest BCUT2D eigenvalue weighted by Crippen LogP contribution is -2.34. The molecule has 1 fully saturated rings. The van der Waals surface area contributed by atoms with Crippen LogP contribution in [0.1, 0.15) is 61.7 Å². The van der Waals surface area contributed by atoms with E-state index in [1.165, 1.54) is 29.1 Å². The lowest BCUT2D eigenvalue weighted by molar-refractivity contribution is -0.130. The highest BCUT2D eigenvalue weighted by molar-refractivity contribution is 7.09. The van der Waals surface area contributed by atoms with Crippen LogP contribution in [0, 0.1) is 5.92 Å². The van der Waals surface area contributed by atoms with E-state index in [1.54, 1.807) is 11.3 Å². The van der Waals surface area contributed by atoms with Gasteiger partial charge >= 0.3 is 0 Å². The number of amides is 1. The highest BCUT2D eigenvalue weighted by Gasteiger charge is 2.21. The third-order valence-corrected chi connectivity index (χ3v) is 6.53. The van der Waals surface area contributed by atoms with Gasteiger partial charge in [-0.15, -0.1) is 11.3 Å². The maximum Gasteiger partial charge on any atom is 0.222 e. The summed E-state index contributed by atoms with van der Waals surface area (Å²) in [5, 5.41) is 3.43. The van der Waals surface area contributed by atoms with Crippen molar-refractivity contribution in [1.29, 1.82) is 0 Å². The zero-order valence-electron chi connectivity index (χ0n) is 17.4. The monoisotopic (exact) mass is 399 g/mol. The average molecular weight is 400 g/mol. The van der Waals surface area contributed by atoms with E-state index < -0.39 is 0 Å². The van der Waals surface area contributed by atoms with Crippen LogP contribution in [0.3, 0.4) is 0 Å². The number of nitrogens with zero attached hydrogens (tertiary/aromatic N) is 3. The highest BCUT2D eigenvalue weighted by atomic mass is 32.1. The van der Waals surface area contributed by atoms with Gasteiger partial charge in [0.05, 0.1) is 12.2 Å². The van der Waals surface area contributed by atoms with Gasteiger partial charge in [-0.25, -0.2) is 4.98 Å². The molecule has 1 aliphatic rings. The predicted octanol–water partition coefficient (Wildman–Crippen LogP) is 4.92. The summed E-state index contributed by atoms with van der Waals surface area (Å²) in [5.41, 5.74) is 2.41. The fourth-order valence-corrected chi connectivity index (χ4v) is 4.75. The van der Waals surface area contributed by atoms with Crippen LogP contribution in [0.25, 0.3) is 0 Å². The second kappa shape index (κ2) is 10.2. The SMILES string of the molecule is CC(C)c1csc(CN2CCC(CCC(=O)N(C)Cc3ccccc3)CC2)n1. The first kappa shape index (κ1) is 21.0. The minimum absolute atomic E-state index is 0.260. The number of rotatable bonds is 8. The highest BCUT2D eigenvalue weighted by Crippen LogP contribution is 2.25. The van der Waals surface area contributed by atoms with Gasteiger partial charge in [0.2, 0.25) is 5.91 Å². The number of benzene rings is 1. The summed E-state index contributed by atoms with van der Waals surface area (Å²) in [7, 11) is 1.91. The molecule has 0 bridgehead atoms. The fourth-order valence-electron chi connectivity index (χ4n) is 3.75. The smallest absolute Gasteiger partial charge is 0.222 e. The van der Waals surface area contributed by atoms with E-state index in [-0.39, 0.29) is 5.91 Å². The largest absolute Gasteiger partial charge is 0.341 e. The standard InChI is InChI=1S/C23H33N3OS/c1-18(2)21-17-28-22(24-21)16-26-13-11-19(12-14-26)9-10-23(27)25(3)15-20-7-5-4-6-8-20/h4-8,17-19H,9-16H2,1-3H3. The van der Waals surface area contributed by atoms with E-state index in [1.807, 2.05) is 30.1 Å². The first-order valence-electron chi connectivity index (χ1n) is 10.5. The second-order valence-electron chi connectivity index (χ2n) is 8.31. The van der Waals surface area contributed by atoms with Crippen molar-refractivity contribution in [3.63, 3.8) is 0 Å². The second-order valence-corrected chi connectivity index (χ2v) is 9.26. The molecule has 1 aromatic heterocycles. The van der Waals surface area contributed by atoms with Crippen LogP contribution in [0.4, 0.5) is 0 Å². The summed E-state index contributed by atoms with van der Waals surface area (Å²) >= 11 is 1.79. The zero-order valence-corrected chi connectivity index (χ0v) is 18.3. The van der Waals surface area contributed by atoms with E-state index in [2.05, 4.69) is 36.3 Å². The van der Waals surface area contributed by atoms with E-state index >= 15 is 0 Å². The summed E-state index contributed by atoms with van der Waals surface area (Å²) in [4.78, 5) is 21.6. The molecule has 3 rings (SSSR count). The number of piperidine rings is 1. The predicted molar refractivity (Wildman–Crippen MR) is 116 cm³/mol. The normalized spacial score (nSPS) is 15.9. The molecule has 1 aromatic carbocycles. The van der Waals surface area contributed by atoms with Crippen molar-refractivity contribution in [1.82, 2.24) is 14.8 Å². The molecular formula is C23H33N3OS. The molecule has 0 spiro atoms. The van der Waals surface area contributed by atoms with Crippen molar-refractivity contribution in [2.45, 2.75) is 58.5 Å². The number of thiazole rings is 1. The Labute approximate surface area is 173 Å². The molecule has 152 valence electrons. The quantitative estimate of drug-likeness (QED) is 0.632. The molecule has 1 amide bonds. The minimum Gasteiger partial charge on any atom is -0.341 e. The molecule has 1 saturated heterocycles. The molecular weight excluding hydrogens is 366 g/mol. The average Bonchev–Trinajstić information content (AvgIpc) is 3.17. The number of likely N-dealkylation sites (tertiary alicyclic amines) is 1. The van der Waals surface area contributed by atoms with Crippen LogP contribution in [0.5, 0.6) is 0 Å². The molecule has 2 heterocycles. The summed E-state index contributed by atoms with van der Waals surface area (Å²) in [5.74, 6) is 1.44. The Kier molecular flexibility index (Phi) is 7.63. The number of hydrogen-bond donors (Lipinski definition) is 0. The Bertz CT molecular complexity index is 735. The van der Waals surface area contributed by atoms with Gasteiger partial charge in [0.15, 0.2) is 0 Å². The summed E-state index contributed by atoms with van der Waals surface area (Å²) in [6.45, 7) is 8.31. The topological polar surface area (TPSA) is 36.4 Å². The summed E-state index contributed by atoms with van der Waals surface area (Å²) in [6, 6.07) is 10.2. The third kappa shape index (κ3) is 6.14. The number of carbonyl (C=O) groups excluding carboxylic acids is 1. The summed E-state index contributed by atoms with van der Waals surface area (Å²) < 4.78 is 0. The molecule has 0 unspecified atom stereocenters. The van der Waals surface area contributed by atoms with Gasteiger partial charge in [0.25, 0.3) is 0 Å². The van der Waals surface area contributed by atoms with Crippen LogP contribution in [0.2, 0.25) is 0 Å². The number of aromatic nitrogens is 1. The fraction of sp³-hybridized carbons (Fsp3) is 0.565. The number of carbonyl (C=O) groups is 1. The minimum atomic E-state index is 0.260. The molecule has 0 saturated carbocycles. The van der Waals surface area contributed by atoms with Crippen molar-refractivity contribution in [3.8, 4) is 0 Å². The zero-order chi connectivity index (χ0) is 19.9. The van der Waals surface area contributed by atoms with Gasteiger partial charge < -0.3 is 4.90 Å². The van der Waals surface area contributed by atoms with E-state index in [0.717, 1.165) is 26.1 Å². The Balaban J connectivity index is 1.36. The maximum absolute atomic E-state index is 12.5. The van der Waals surface area contributed by atoms with Gasteiger partial charge in [-0.2, -0.15) is 0 Å². The van der Waals surface area contributed by atoms with E-state index in [4.69, 9.17) is 4.98 Å². The third-order valence-electron chi connectivity index (χ3n) is 5.68. The lowest BCUT2D eigenvalue weighted by Gasteiger charge is -2.31. The Morgan fingerprint density at radius 3 is 2.61 bits per heavy atom. The van der Waals surface area contributed by atoms with Gasteiger partial charge in [-0.1, -0.05) is 44.2 Å². The van der Waals surface area contributed by atoms with Crippen molar-refractivity contribution in [3.05, 3.63) is 52.0 Å². The molecule has 1 aliphatic heterocycles. The van der Waals surface area contributed by atoms with Crippen LogP contribution in [0.15, 0.2) is 35.7 Å². The summed E-state index contributed by atoms with van der Waals surface area (Å²) in [6.07, 6.45) is 4.06. The molecule has 0 atom stereocenters. The van der Waals surface area contributed by atoms with Crippen LogP contribution in [-0.4, -0.2) is 40.8 Å². The Morgan fingerprint density at radius 2 is 1.96 bits per heavy atom. The molecule has 0 radical (unpaired) electrons. The molecule has 28 heavy (non-hydrogen) atoms. The first-order chi connectivity index (χ1) is 13.5. The van der Waals surface area contributed by atoms with E-state index in [0.29, 0.717) is 24.8 Å². The van der Waals surface area contributed by atoms with Gasteiger partial charge in [-0.05, 0) is 49.8 Å². The van der Waals surface area contributed by atoms with Crippen molar-refractivity contribution < 1.29 is 4.79 Å². The van der Waals surface area contributed by atoms with Gasteiger partial charge in [0, 0.05) is 25.4 Å². The first-order valence-corrected chi connectivity index (χ1v) is 11.3. The van der Waals surface area contributed by atoms with Crippen molar-refractivity contribution in [2.75, 3.05) is 20.1 Å². The van der Waals surface area contributed by atoms with Crippen LogP contribution in [-0.2, 0) is 17.9 Å². The molecule has 0 aliphatic carbocycles. The van der Waals surface area contributed by atoms with Crippen molar-refractivity contribution in [2.24, 2.45) is 5.92 Å². The van der Waals surface area contributed by atoms with Crippen molar-refractivity contribution >= 4 is 17.2 Å². The Hall–Kier alpha value is -1.72.